The van der Waals surface area contributed by atoms with Gasteiger partial charge in [-0.2, -0.15) is 0 Å². The van der Waals surface area contributed by atoms with Crippen molar-refractivity contribution in [3.05, 3.63) is 59.3 Å². The molecule has 2 aromatic rings. The van der Waals surface area contributed by atoms with Crippen LogP contribution in [0.1, 0.15) is 65.8 Å². The van der Waals surface area contributed by atoms with E-state index in [0.717, 1.165) is 36.1 Å². The third-order valence-electron chi connectivity index (χ3n) is 5.89. The van der Waals surface area contributed by atoms with Crippen LogP contribution in [0, 0.1) is 5.92 Å². The van der Waals surface area contributed by atoms with Crippen molar-refractivity contribution in [2.45, 2.75) is 58.2 Å². The number of rotatable bonds is 7. The lowest BCUT2D eigenvalue weighted by Gasteiger charge is -2.28. The van der Waals surface area contributed by atoms with E-state index in [1.54, 1.807) is 36.5 Å². The van der Waals surface area contributed by atoms with Gasteiger partial charge in [0.05, 0.1) is 11.1 Å². The van der Waals surface area contributed by atoms with Gasteiger partial charge in [-0.1, -0.05) is 32.0 Å². The maximum absolute atomic E-state index is 13.1. The molecule has 1 saturated carbocycles. The summed E-state index contributed by atoms with van der Waals surface area (Å²) in [6.07, 6.45) is 6.16. The molecule has 1 aliphatic carbocycles. The molecule has 0 unspecified atom stereocenters. The molecular formula is C24H27N3O4. The standard InChI is InChI=1S/C24H27N3O4/c1-15(2)20(27-23(29)18-11-5-6-12-19(18)24(27)30)21(28)26-14-16-8-7-13-25-22(16)31-17-9-3-4-10-17/h5-8,11-13,15,17,20H,3-4,9-10,14H2,1-2H3,(H,26,28)/t20-/m1/s1. The number of amides is 3. The second-order valence-corrected chi connectivity index (χ2v) is 8.42. The van der Waals surface area contributed by atoms with Gasteiger partial charge in [0.25, 0.3) is 11.8 Å². The summed E-state index contributed by atoms with van der Waals surface area (Å²) in [5, 5.41) is 2.89. The molecule has 2 heterocycles. The first-order chi connectivity index (χ1) is 15.0. The number of nitrogens with one attached hydrogen (secondary N) is 1. The van der Waals surface area contributed by atoms with Gasteiger partial charge in [0.2, 0.25) is 11.8 Å². The van der Waals surface area contributed by atoms with Crippen molar-refractivity contribution in [1.29, 1.82) is 0 Å². The number of hydrogen-bond donors (Lipinski definition) is 1. The zero-order valence-electron chi connectivity index (χ0n) is 17.8. The van der Waals surface area contributed by atoms with Gasteiger partial charge in [-0.05, 0) is 49.8 Å². The number of carbonyl (C=O) groups is 3. The average molecular weight is 421 g/mol. The van der Waals surface area contributed by atoms with E-state index in [9.17, 15) is 14.4 Å². The number of aromatic nitrogens is 1. The molecule has 7 nitrogen and oxygen atoms in total. The van der Waals surface area contributed by atoms with Crippen LogP contribution in [0.3, 0.4) is 0 Å². The van der Waals surface area contributed by atoms with Crippen molar-refractivity contribution in [3.8, 4) is 5.88 Å². The zero-order chi connectivity index (χ0) is 22.0. The monoisotopic (exact) mass is 421 g/mol. The van der Waals surface area contributed by atoms with Gasteiger partial charge in [-0.25, -0.2) is 4.98 Å². The molecule has 1 aromatic heterocycles. The van der Waals surface area contributed by atoms with Crippen LogP contribution in [-0.4, -0.2) is 39.8 Å². The molecule has 162 valence electrons. The third-order valence-corrected chi connectivity index (χ3v) is 5.89. The summed E-state index contributed by atoms with van der Waals surface area (Å²) in [6.45, 7) is 3.86. The van der Waals surface area contributed by atoms with Crippen LogP contribution in [-0.2, 0) is 11.3 Å². The van der Waals surface area contributed by atoms with Crippen molar-refractivity contribution >= 4 is 17.7 Å². The van der Waals surface area contributed by atoms with E-state index in [1.165, 1.54) is 0 Å². The van der Waals surface area contributed by atoms with Crippen molar-refractivity contribution in [3.63, 3.8) is 0 Å². The van der Waals surface area contributed by atoms with Gasteiger partial charge in [0, 0.05) is 18.3 Å². The van der Waals surface area contributed by atoms with Crippen LogP contribution >= 0.6 is 0 Å². The molecule has 31 heavy (non-hydrogen) atoms. The Hall–Kier alpha value is -3.22. The van der Waals surface area contributed by atoms with Gasteiger partial charge in [-0.3, -0.25) is 19.3 Å². The summed E-state index contributed by atoms with van der Waals surface area (Å²) in [5.41, 5.74) is 1.45. The largest absolute Gasteiger partial charge is 0.474 e. The summed E-state index contributed by atoms with van der Waals surface area (Å²) in [6, 6.07) is 9.43. The SMILES string of the molecule is CC(C)[C@H](C(=O)NCc1cccnc1OC1CCCC1)N1C(=O)c2ccccc2C1=O. The molecule has 0 saturated heterocycles. The van der Waals surface area contributed by atoms with Crippen molar-refractivity contribution < 1.29 is 19.1 Å². The summed E-state index contributed by atoms with van der Waals surface area (Å²) < 4.78 is 6.04. The Morgan fingerprint density at radius 1 is 1.10 bits per heavy atom. The Labute approximate surface area is 181 Å². The van der Waals surface area contributed by atoms with Crippen molar-refractivity contribution in [2.24, 2.45) is 5.92 Å². The van der Waals surface area contributed by atoms with Crippen LogP contribution in [0.15, 0.2) is 42.6 Å². The maximum Gasteiger partial charge on any atom is 0.262 e. The second-order valence-electron chi connectivity index (χ2n) is 8.42. The first-order valence-electron chi connectivity index (χ1n) is 10.8. The Morgan fingerprint density at radius 3 is 2.35 bits per heavy atom. The molecule has 3 amide bonds. The molecule has 2 aliphatic rings. The smallest absolute Gasteiger partial charge is 0.262 e. The number of pyridine rings is 1. The highest BCUT2D eigenvalue weighted by Crippen LogP contribution is 2.28. The molecular weight excluding hydrogens is 394 g/mol. The van der Waals surface area contributed by atoms with Gasteiger partial charge in [0.1, 0.15) is 12.1 Å². The molecule has 1 N–H and O–H groups in total. The molecule has 0 radical (unpaired) electrons. The van der Waals surface area contributed by atoms with Crippen LogP contribution in [0.5, 0.6) is 5.88 Å². The van der Waals surface area contributed by atoms with E-state index < -0.39 is 17.9 Å². The number of ether oxygens (including phenoxy) is 1. The minimum absolute atomic E-state index is 0.158. The van der Waals surface area contributed by atoms with Gasteiger partial charge < -0.3 is 10.1 Å². The molecule has 0 spiro atoms. The van der Waals surface area contributed by atoms with E-state index in [2.05, 4.69) is 10.3 Å². The van der Waals surface area contributed by atoms with E-state index >= 15 is 0 Å². The molecule has 0 bridgehead atoms. The number of imide groups is 1. The summed E-state index contributed by atoms with van der Waals surface area (Å²) in [5.74, 6) is -0.954. The first-order valence-corrected chi connectivity index (χ1v) is 10.8. The van der Waals surface area contributed by atoms with E-state index in [-0.39, 0.29) is 24.5 Å². The molecule has 1 fully saturated rings. The number of carbonyl (C=O) groups excluding carboxylic acids is 3. The normalized spacial score (nSPS) is 17.2. The first kappa shape index (κ1) is 21.0. The van der Waals surface area contributed by atoms with Crippen LogP contribution in [0.4, 0.5) is 0 Å². The van der Waals surface area contributed by atoms with E-state index in [1.807, 2.05) is 19.9 Å². The predicted octanol–water partition coefficient (Wildman–Crippen LogP) is 3.34. The number of nitrogens with zero attached hydrogens (tertiary/aromatic N) is 2. The topological polar surface area (TPSA) is 88.6 Å². The van der Waals surface area contributed by atoms with Crippen molar-refractivity contribution in [2.75, 3.05) is 0 Å². The van der Waals surface area contributed by atoms with E-state index in [4.69, 9.17) is 4.74 Å². The highest BCUT2D eigenvalue weighted by molar-refractivity contribution is 6.22. The van der Waals surface area contributed by atoms with Crippen LogP contribution in [0.2, 0.25) is 0 Å². The van der Waals surface area contributed by atoms with Gasteiger partial charge in [0.15, 0.2) is 0 Å². The minimum Gasteiger partial charge on any atom is -0.474 e. The number of hydrogen-bond acceptors (Lipinski definition) is 5. The lowest BCUT2D eigenvalue weighted by Crippen LogP contribution is -2.52. The second kappa shape index (κ2) is 8.88. The fourth-order valence-corrected chi connectivity index (χ4v) is 4.29. The lowest BCUT2D eigenvalue weighted by molar-refractivity contribution is -0.126. The predicted molar refractivity (Wildman–Crippen MR) is 115 cm³/mol. The van der Waals surface area contributed by atoms with E-state index in [0.29, 0.717) is 17.0 Å². The molecule has 7 heteroatoms. The lowest BCUT2D eigenvalue weighted by atomic mass is 10.0. The van der Waals surface area contributed by atoms with Crippen LogP contribution in [0.25, 0.3) is 0 Å². The summed E-state index contributed by atoms with van der Waals surface area (Å²) in [7, 11) is 0. The fourth-order valence-electron chi connectivity index (χ4n) is 4.29. The Morgan fingerprint density at radius 2 is 1.74 bits per heavy atom. The Kier molecular flexibility index (Phi) is 6.02. The highest BCUT2D eigenvalue weighted by Gasteiger charge is 2.43. The molecule has 4 rings (SSSR count). The summed E-state index contributed by atoms with van der Waals surface area (Å²) >= 11 is 0. The fraction of sp³-hybridized carbons (Fsp3) is 0.417. The zero-order valence-corrected chi connectivity index (χ0v) is 17.8. The minimum atomic E-state index is -0.900. The molecule has 1 aromatic carbocycles. The maximum atomic E-state index is 13.1. The summed E-state index contributed by atoms with van der Waals surface area (Å²) in [4.78, 5) is 44.3. The average Bonchev–Trinajstić information content (AvgIpc) is 3.36. The Bertz CT molecular complexity index is 963. The van der Waals surface area contributed by atoms with Gasteiger partial charge in [-0.15, -0.1) is 0 Å². The number of fused-ring (bicyclic) bond motifs is 1. The van der Waals surface area contributed by atoms with Crippen LogP contribution < -0.4 is 10.1 Å². The highest BCUT2D eigenvalue weighted by atomic mass is 16.5. The molecule has 1 aliphatic heterocycles. The quantitative estimate of drug-likeness (QED) is 0.693. The Balaban J connectivity index is 1.49. The third kappa shape index (κ3) is 4.17. The molecule has 1 atom stereocenters. The van der Waals surface area contributed by atoms with Crippen molar-refractivity contribution in [1.82, 2.24) is 15.2 Å². The van der Waals surface area contributed by atoms with Gasteiger partial charge >= 0.3 is 0 Å². The number of benzene rings is 1.